The Morgan fingerprint density at radius 1 is 1.39 bits per heavy atom. The predicted octanol–water partition coefficient (Wildman–Crippen LogP) is 1.75. The summed E-state index contributed by atoms with van der Waals surface area (Å²) in [5.41, 5.74) is -0.539. The molecule has 94 valence electrons. The van der Waals surface area contributed by atoms with Gasteiger partial charge in [0, 0.05) is 12.1 Å². The number of carbonyl (C=O) groups excluding carboxylic acids is 1. The van der Waals surface area contributed by atoms with E-state index in [1.165, 1.54) is 12.1 Å². The lowest BCUT2D eigenvalue weighted by molar-refractivity contribution is -0.385. The predicted molar refractivity (Wildman–Crippen MR) is 64.4 cm³/mol. The highest BCUT2D eigenvalue weighted by Gasteiger charge is 2.22. The molecule has 0 aliphatic heterocycles. The molecule has 0 unspecified atom stereocenters. The Morgan fingerprint density at radius 3 is 2.67 bits per heavy atom. The van der Waals surface area contributed by atoms with E-state index in [0.717, 1.165) is 18.9 Å². The molecule has 0 spiro atoms. The van der Waals surface area contributed by atoms with Gasteiger partial charge in [0.1, 0.15) is 0 Å². The molecule has 0 bridgehead atoms. The van der Waals surface area contributed by atoms with Crippen molar-refractivity contribution < 1.29 is 14.8 Å². The molecule has 2 N–H and O–H groups in total. The summed E-state index contributed by atoms with van der Waals surface area (Å²) in [7, 11) is 0. The van der Waals surface area contributed by atoms with Gasteiger partial charge in [-0.2, -0.15) is 0 Å². The lowest BCUT2D eigenvalue weighted by Gasteiger charge is -2.12. The van der Waals surface area contributed by atoms with E-state index in [-0.39, 0.29) is 11.6 Å². The van der Waals surface area contributed by atoms with Gasteiger partial charge in [-0.05, 0) is 18.9 Å². The SMILES string of the molecule is O=C(NC1CC=CC1)c1cccc([N+](=O)[O-])c1O. The summed E-state index contributed by atoms with van der Waals surface area (Å²) in [5, 5.41) is 23.0. The van der Waals surface area contributed by atoms with Crippen LogP contribution in [0, 0.1) is 10.1 Å². The Morgan fingerprint density at radius 2 is 2.06 bits per heavy atom. The highest BCUT2D eigenvalue weighted by Crippen LogP contribution is 2.29. The maximum Gasteiger partial charge on any atom is 0.311 e. The molecular weight excluding hydrogens is 236 g/mol. The Balaban J connectivity index is 2.19. The molecule has 1 amide bonds. The van der Waals surface area contributed by atoms with Gasteiger partial charge in [-0.1, -0.05) is 18.2 Å². The van der Waals surface area contributed by atoms with Crippen LogP contribution in [0.5, 0.6) is 5.75 Å². The average Bonchev–Trinajstić information content (AvgIpc) is 2.81. The molecule has 0 heterocycles. The van der Waals surface area contributed by atoms with Gasteiger partial charge in [0.05, 0.1) is 10.5 Å². The van der Waals surface area contributed by atoms with E-state index in [0.29, 0.717) is 0 Å². The molecular formula is C12H12N2O4. The van der Waals surface area contributed by atoms with Crippen molar-refractivity contribution in [3.8, 4) is 5.75 Å². The van der Waals surface area contributed by atoms with Crippen LogP contribution in [0.25, 0.3) is 0 Å². The summed E-state index contributed by atoms with van der Waals surface area (Å²) in [4.78, 5) is 21.8. The molecule has 18 heavy (non-hydrogen) atoms. The van der Waals surface area contributed by atoms with E-state index in [9.17, 15) is 20.0 Å². The molecule has 0 radical (unpaired) electrons. The van der Waals surface area contributed by atoms with Gasteiger partial charge < -0.3 is 10.4 Å². The van der Waals surface area contributed by atoms with Gasteiger partial charge in [0.25, 0.3) is 5.91 Å². The first-order valence-corrected chi connectivity index (χ1v) is 5.52. The number of nitro groups is 1. The molecule has 1 aromatic carbocycles. The van der Waals surface area contributed by atoms with Crippen LogP contribution in [0.3, 0.4) is 0 Å². The fraction of sp³-hybridized carbons (Fsp3) is 0.250. The van der Waals surface area contributed by atoms with Crippen LogP contribution in [0.1, 0.15) is 23.2 Å². The van der Waals surface area contributed by atoms with Crippen molar-refractivity contribution in [3.63, 3.8) is 0 Å². The maximum absolute atomic E-state index is 11.9. The van der Waals surface area contributed by atoms with Crippen LogP contribution in [0.4, 0.5) is 5.69 Å². The third kappa shape index (κ3) is 2.32. The average molecular weight is 248 g/mol. The van der Waals surface area contributed by atoms with E-state index in [2.05, 4.69) is 5.32 Å². The third-order valence-electron chi connectivity index (χ3n) is 2.80. The maximum atomic E-state index is 11.9. The van der Waals surface area contributed by atoms with E-state index in [1.54, 1.807) is 0 Å². The number of hydrogen-bond acceptors (Lipinski definition) is 4. The summed E-state index contributed by atoms with van der Waals surface area (Å²) >= 11 is 0. The van der Waals surface area contributed by atoms with Crippen LogP contribution in [0.15, 0.2) is 30.4 Å². The third-order valence-corrected chi connectivity index (χ3v) is 2.80. The van der Waals surface area contributed by atoms with Crippen molar-refractivity contribution in [2.24, 2.45) is 0 Å². The first-order valence-electron chi connectivity index (χ1n) is 5.52. The minimum Gasteiger partial charge on any atom is -0.502 e. The minimum absolute atomic E-state index is 0.00355. The standard InChI is InChI=1S/C12H12N2O4/c15-11-9(6-3-7-10(11)14(17)18)12(16)13-8-4-1-2-5-8/h1-3,6-8,15H,4-5H2,(H,13,16). The topological polar surface area (TPSA) is 92.5 Å². The number of phenols is 1. The Labute approximate surface area is 103 Å². The zero-order valence-electron chi connectivity index (χ0n) is 9.50. The molecule has 1 aliphatic carbocycles. The number of para-hydroxylation sites is 1. The monoisotopic (exact) mass is 248 g/mol. The van der Waals surface area contributed by atoms with Gasteiger partial charge in [-0.15, -0.1) is 0 Å². The lowest BCUT2D eigenvalue weighted by atomic mass is 10.1. The summed E-state index contributed by atoms with van der Waals surface area (Å²) in [6.07, 6.45) is 5.39. The summed E-state index contributed by atoms with van der Waals surface area (Å²) in [6.45, 7) is 0. The van der Waals surface area contributed by atoms with Crippen LogP contribution in [-0.4, -0.2) is 22.0 Å². The Hall–Kier alpha value is -2.37. The zero-order chi connectivity index (χ0) is 13.1. The van der Waals surface area contributed by atoms with Crippen molar-refractivity contribution in [2.45, 2.75) is 18.9 Å². The van der Waals surface area contributed by atoms with E-state index in [4.69, 9.17) is 0 Å². The molecule has 6 nitrogen and oxygen atoms in total. The molecule has 2 rings (SSSR count). The molecule has 6 heteroatoms. The van der Waals surface area contributed by atoms with Crippen molar-refractivity contribution in [2.75, 3.05) is 0 Å². The van der Waals surface area contributed by atoms with Gasteiger partial charge in [0.15, 0.2) is 0 Å². The minimum atomic E-state index is -0.719. The number of amides is 1. The molecule has 0 saturated carbocycles. The number of nitrogens with one attached hydrogen (secondary N) is 1. The number of aromatic hydroxyl groups is 1. The highest BCUT2D eigenvalue weighted by molar-refractivity contribution is 5.98. The van der Waals surface area contributed by atoms with Crippen molar-refractivity contribution in [3.05, 3.63) is 46.0 Å². The quantitative estimate of drug-likeness (QED) is 0.484. The fourth-order valence-electron chi connectivity index (χ4n) is 1.86. The number of rotatable bonds is 3. The molecule has 1 aliphatic rings. The van der Waals surface area contributed by atoms with Crippen LogP contribution < -0.4 is 5.32 Å². The second kappa shape index (κ2) is 4.87. The second-order valence-electron chi connectivity index (χ2n) is 4.04. The van der Waals surface area contributed by atoms with E-state index >= 15 is 0 Å². The smallest absolute Gasteiger partial charge is 0.311 e. The van der Waals surface area contributed by atoms with Gasteiger partial charge in [-0.3, -0.25) is 14.9 Å². The first kappa shape index (κ1) is 12.1. The molecule has 0 atom stereocenters. The number of benzene rings is 1. The highest BCUT2D eigenvalue weighted by atomic mass is 16.6. The molecule has 0 aromatic heterocycles. The Bertz CT molecular complexity index is 517. The number of carbonyl (C=O) groups is 1. The molecule has 1 aromatic rings. The number of nitro benzene ring substituents is 1. The van der Waals surface area contributed by atoms with Crippen LogP contribution in [-0.2, 0) is 0 Å². The largest absolute Gasteiger partial charge is 0.502 e. The van der Waals surface area contributed by atoms with E-state index in [1.807, 2.05) is 12.2 Å². The van der Waals surface area contributed by atoms with Crippen molar-refractivity contribution in [1.82, 2.24) is 5.32 Å². The van der Waals surface area contributed by atoms with Gasteiger partial charge >= 0.3 is 5.69 Å². The first-order chi connectivity index (χ1) is 8.59. The van der Waals surface area contributed by atoms with Gasteiger partial charge in [0.2, 0.25) is 5.75 Å². The second-order valence-corrected chi connectivity index (χ2v) is 4.04. The lowest BCUT2D eigenvalue weighted by Crippen LogP contribution is -2.32. The molecule has 0 fully saturated rings. The summed E-state index contributed by atoms with van der Waals surface area (Å²) in [5.74, 6) is -1.09. The number of nitrogens with zero attached hydrogens (tertiary/aromatic N) is 1. The van der Waals surface area contributed by atoms with Gasteiger partial charge in [-0.25, -0.2) is 0 Å². The number of hydrogen-bond donors (Lipinski definition) is 2. The van der Waals surface area contributed by atoms with Crippen LogP contribution in [0.2, 0.25) is 0 Å². The number of phenolic OH excluding ortho intramolecular Hbond substituents is 1. The Kier molecular flexibility index (Phi) is 3.27. The summed E-state index contributed by atoms with van der Waals surface area (Å²) in [6, 6.07) is 3.89. The van der Waals surface area contributed by atoms with E-state index < -0.39 is 22.3 Å². The van der Waals surface area contributed by atoms with Crippen molar-refractivity contribution >= 4 is 11.6 Å². The van der Waals surface area contributed by atoms with Crippen LogP contribution >= 0.6 is 0 Å². The normalized spacial score (nSPS) is 14.7. The van der Waals surface area contributed by atoms with Crippen molar-refractivity contribution in [1.29, 1.82) is 0 Å². The summed E-state index contributed by atoms with van der Waals surface area (Å²) < 4.78 is 0. The zero-order valence-corrected chi connectivity index (χ0v) is 9.50. The molecule has 0 saturated heterocycles. The fourth-order valence-corrected chi connectivity index (χ4v) is 1.86.